The maximum atomic E-state index is 11.9. The van der Waals surface area contributed by atoms with Gasteiger partial charge in [-0.3, -0.25) is 14.4 Å². The highest BCUT2D eigenvalue weighted by molar-refractivity contribution is 6.31. The van der Waals surface area contributed by atoms with Gasteiger partial charge in [-0.2, -0.15) is 0 Å². The fraction of sp³-hybridized carbons (Fsp3) is 0.500. The zero-order valence-corrected chi connectivity index (χ0v) is 15.0. The molecule has 7 heteroatoms. The van der Waals surface area contributed by atoms with Gasteiger partial charge in [0.2, 0.25) is 5.91 Å². The number of nitrogens with one attached hydrogen (secondary N) is 2. The van der Waals surface area contributed by atoms with Gasteiger partial charge in [0.05, 0.1) is 0 Å². The molecule has 25 heavy (non-hydrogen) atoms. The van der Waals surface area contributed by atoms with Crippen LogP contribution in [-0.4, -0.2) is 30.9 Å². The van der Waals surface area contributed by atoms with Crippen LogP contribution in [0.5, 0.6) is 0 Å². The molecular formula is C18H23ClN2O4. The molecule has 6 nitrogen and oxygen atoms in total. The molecule has 1 aromatic rings. The standard InChI is InChI=1S/C18H23ClN2O4/c1-12-14(19)8-5-9-15(12)21-16(22)11-25-17(23)10-20-18(24)13-6-3-2-4-7-13/h5,8-9,13H,2-4,6-7,10-11H2,1H3,(H,20,24)(H,21,22). The van der Waals surface area contributed by atoms with Crippen LogP contribution in [0.2, 0.25) is 5.02 Å². The quantitative estimate of drug-likeness (QED) is 0.758. The van der Waals surface area contributed by atoms with Crippen LogP contribution in [0.4, 0.5) is 5.69 Å². The van der Waals surface area contributed by atoms with Crippen molar-refractivity contribution in [1.29, 1.82) is 0 Å². The number of carbonyl (C=O) groups is 3. The topological polar surface area (TPSA) is 84.5 Å². The number of rotatable bonds is 6. The predicted octanol–water partition coefficient (Wildman–Crippen LogP) is 2.83. The third-order valence-corrected chi connectivity index (χ3v) is 4.70. The van der Waals surface area contributed by atoms with Gasteiger partial charge in [-0.25, -0.2) is 0 Å². The molecule has 0 atom stereocenters. The van der Waals surface area contributed by atoms with Crippen LogP contribution < -0.4 is 10.6 Å². The van der Waals surface area contributed by atoms with Crippen molar-refractivity contribution in [2.24, 2.45) is 5.92 Å². The van der Waals surface area contributed by atoms with E-state index in [1.165, 1.54) is 0 Å². The molecule has 0 radical (unpaired) electrons. The van der Waals surface area contributed by atoms with Crippen LogP contribution in [0.25, 0.3) is 0 Å². The largest absolute Gasteiger partial charge is 0.454 e. The number of ether oxygens (including phenoxy) is 1. The van der Waals surface area contributed by atoms with Crippen molar-refractivity contribution in [2.75, 3.05) is 18.5 Å². The molecule has 0 spiro atoms. The van der Waals surface area contributed by atoms with E-state index in [-0.39, 0.29) is 18.4 Å². The maximum Gasteiger partial charge on any atom is 0.325 e. The Labute approximate surface area is 152 Å². The monoisotopic (exact) mass is 366 g/mol. The SMILES string of the molecule is Cc1c(Cl)cccc1NC(=O)COC(=O)CNC(=O)C1CCCCC1. The Morgan fingerprint density at radius 2 is 1.92 bits per heavy atom. The van der Waals surface area contributed by atoms with E-state index in [9.17, 15) is 14.4 Å². The van der Waals surface area contributed by atoms with E-state index in [2.05, 4.69) is 10.6 Å². The summed E-state index contributed by atoms with van der Waals surface area (Å²) in [6.07, 6.45) is 4.98. The van der Waals surface area contributed by atoms with E-state index >= 15 is 0 Å². The number of halogens is 1. The molecule has 136 valence electrons. The lowest BCUT2D eigenvalue weighted by molar-refractivity contribution is -0.147. The number of carbonyl (C=O) groups excluding carboxylic acids is 3. The normalized spacial score (nSPS) is 14.6. The molecule has 1 aliphatic carbocycles. The molecule has 0 heterocycles. The molecular weight excluding hydrogens is 344 g/mol. The third kappa shape index (κ3) is 6.05. The van der Waals surface area contributed by atoms with Gasteiger partial charge in [0.25, 0.3) is 5.91 Å². The fourth-order valence-corrected chi connectivity index (χ4v) is 2.97. The summed E-state index contributed by atoms with van der Waals surface area (Å²) in [7, 11) is 0. The number of benzene rings is 1. The highest BCUT2D eigenvalue weighted by Crippen LogP contribution is 2.24. The number of hydrogen-bond donors (Lipinski definition) is 2. The molecule has 1 fully saturated rings. The Kier molecular flexibility index (Phi) is 7.25. The van der Waals surface area contributed by atoms with Crippen molar-refractivity contribution in [2.45, 2.75) is 39.0 Å². The lowest BCUT2D eigenvalue weighted by Gasteiger charge is -2.20. The predicted molar refractivity (Wildman–Crippen MR) is 95.4 cm³/mol. The molecule has 0 bridgehead atoms. The van der Waals surface area contributed by atoms with Gasteiger partial charge in [0.15, 0.2) is 6.61 Å². The van der Waals surface area contributed by atoms with E-state index < -0.39 is 18.5 Å². The van der Waals surface area contributed by atoms with Crippen LogP contribution in [0.15, 0.2) is 18.2 Å². The summed E-state index contributed by atoms with van der Waals surface area (Å²) in [6.45, 7) is 1.15. The second kappa shape index (κ2) is 9.42. The van der Waals surface area contributed by atoms with Crippen molar-refractivity contribution in [3.8, 4) is 0 Å². The first kappa shape index (κ1) is 19.2. The van der Waals surface area contributed by atoms with E-state index in [1.807, 2.05) is 0 Å². The molecule has 1 saturated carbocycles. The van der Waals surface area contributed by atoms with Crippen molar-refractivity contribution in [3.63, 3.8) is 0 Å². The molecule has 1 aliphatic rings. The van der Waals surface area contributed by atoms with Crippen LogP contribution in [0.3, 0.4) is 0 Å². The number of esters is 1. The average molecular weight is 367 g/mol. The third-order valence-electron chi connectivity index (χ3n) is 4.29. The fourth-order valence-electron chi connectivity index (χ4n) is 2.79. The first-order valence-corrected chi connectivity index (χ1v) is 8.83. The van der Waals surface area contributed by atoms with E-state index in [0.29, 0.717) is 10.7 Å². The Balaban J connectivity index is 1.69. The summed E-state index contributed by atoms with van der Waals surface area (Å²) in [5, 5.41) is 5.76. The second-order valence-corrected chi connectivity index (χ2v) is 6.58. The van der Waals surface area contributed by atoms with Crippen LogP contribution in [-0.2, 0) is 19.1 Å². The number of amides is 2. The highest BCUT2D eigenvalue weighted by atomic mass is 35.5. The van der Waals surface area contributed by atoms with E-state index in [1.54, 1.807) is 25.1 Å². The number of anilines is 1. The minimum absolute atomic E-state index is 0.0179. The zero-order valence-electron chi connectivity index (χ0n) is 14.3. The molecule has 0 saturated heterocycles. The van der Waals surface area contributed by atoms with Gasteiger partial charge in [0.1, 0.15) is 6.54 Å². The summed E-state index contributed by atoms with van der Waals surface area (Å²) >= 11 is 5.98. The Hall–Kier alpha value is -2.08. The zero-order chi connectivity index (χ0) is 18.2. The van der Waals surface area contributed by atoms with Crippen LogP contribution in [0, 0.1) is 12.8 Å². The minimum Gasteiger partial charge on any atom is -0.454 e. The summed E-state index contributed by atoms with van der Waals surface area (Å²) < 4.78 is 4.89. The Bertz CT molecular complexity index is 642. The molecule has 0 aromatic heterocycles. The average Bonchev–Trinajstić information content (AvgIpc) is 2.62. The van der Waals surface area contributed by atoms with Gasteiger partial charge in [-0.05, 0) is 37.5 Å². The van der Waals surface area contributed by atoms with E-state index in [0.717, 1.165) is 37.7 Å². The lowest BCUT2D eigenvalue weighted by atomic mass is 9.89. The first-order chi connectivity index (χ1) is 12.0. The molecule has 2 N–H and O–H groups in total. The Morgan fingerprint density at radius 1 is 1.20 bits per heavy atom. The van der Waals surface area contributed by atoms with E-state index in [4.69, 9.17) is 16.3 Å². The van der Waals surface area contributed by atoms with Gasteiger partial charge in [0, 0.05) is 16.6 Å². The molecule has 0 unspecified atom stereocenters. The van der Waals surface area contributed by atoms with Gasteiger partial charge in [-0.15, -0.1) is 0 Å². The summed E-state index contributed by atoms with van der Waals surface area (Å²) in [5.74, 6) is -1.23. The van der Waals surface area contributed by atoms with Crippen LogP contribution >= 0.6 is 11.6 Å². The highest BCUT2D eigenvalue weighted by Gasteiger charge is 2.21. The Morgan fingerprint density at radius 3 is 2.64 bits per heavy atom. The van der Waals surface area contributed by atoms with Gasteiger partial charge in [-0.1, -0.05) is 36.9 Å². The number of hydrogen-bond acceptors (Lipinski definition) is 4. The summed E-state index contributed by atoms with van der Waals surface area (Å²) in [4.78, 5) is 35.5. The van der Waals surface area contributed by atoms with Crippen molar-refractivity contribution in [1.82, 2.24) is 5.32 Å². The summed E-state index contributed by atoms with van der Waals surface area (Å²) in [6, 6.07) is 5.16. The smallest absolute Gasteiger partial charge is 0.325 e. The summed E-state index contributed by atoms with van der Waals surface area (Å²) in [5.41, 5.74) is 1.31. The van der Waals surface area contributed by atoms with Crippen LogP contribution in [0.1, 0.15) is 37.7 Å². The lowest BCUT2D eigenvalue weighted by Crippen LogP contribution is -2.36. The maximum absolute atomic E-state index is 11.9. The first-order valence-electron chi connectivity index (χ1n) is 8.45. The molecule has 0 aliphatic heterocycles. The van der Waals surface area contributed by atoms with Crippen molar-refractivity contribution in [3.05, 3.63) is 28.8 Å². The molecule has 2 amide bonds. The minimum atomic E-state index is -0.637. The van der Waals surface area contributed by atoms with Gasteiger partial charge >= 0.3 is 5.97 Å². The van der Waals surface area contributed by atoms with Crippen molar-refractivity contribution >= 4 is 35.1 Å². The molecule has 2 rings (SSSR count). The second-order valence-electron chi connectivity index (χ2n) is 6.17. The van der Waals surface area contributed by atoms with Gasteiger partial charge < -0.3 is 15.4 Å². The van der Waals surface area contributed by atoms with Crippen molar-refractivity contribution < 1.29 is 19.1 Å². The molecule has 1 aromatic carbocycles.